The van der Waals surface area contributed by atoms with Gasteiger partial charge in [0, 0.05) is 24.9 Å². The van der Waals surface area contributed by atoms with Gasteiger partial charge in [0.1, 0.15) is 4.88 Å². The number of amides is 1. The summed E-state index contributed by atoms with van der Waals surface area (Å²) in [6, 6.07) is 0.0309. The van der Waals surface area contributed by atoms with Gasteiger partial charge in [-0.25, -0.2) is 9.97 Å². The Morgan fingerprint density at radius 1 is 1.50 bits per heavy atom. The van der Waals surface area contributed by atoms with Crippen LogP contribution in [0.2, 0.25) is 0 Å². The Labute approximate surface area is 134 Å². The van der Waals surface area contributed by atoms with Crippen LogP contribution in [0.3, 0.4) is 0 Å². The third-order valence-electron chi connectivity index (χ3n) is 4.07. The number of hydrogen-bond donors (Lipinski definition) is 1. The van der Waals surface area contributed by atoms with Crippen LogP contribution in [0.15, 0.2) is 24.2 Å². The molecule has 1 atom stereocenters. The lowest BCUT2D eigenvalue weighted by Crippen LogP contribution is -2.46. The molecule has 1 saturated carbocycles. The Balaban J connectivity index is 1.74. The van der Waals surface area contributed by atoms with Gasteiger partial charge in [0.05, 0.1) is 23.6 Å². The zero-order chi connectivity index (χ0) is 15.7. The van der Waals surface area contributed by atoms with Crippen molar-refractivity contribution in [3.05, 3.63) is 34.8 Å². The van der Waals surface area contributed by atoms with Crippen molar-refractivity contribution in [2.24, 2.45) is 5.41 Å². The third-order valence-corrected chi connectivity index (χ3v) is 4.91. The van der Waals surface area contributed by atoms with Crippen molar-refractivity contribution >= 4 is 17.2 Å². The number of nitrogens with zero attached hydrogens (tertiary/aromatic N) is 3. The number of hydrogen-bond acceptors (Lipinski definition) is 4. The van der Waals surface area contributed by atoms with Gasteiger partial charge in [-0.05, 0) is 18.3 Å². The van der Waals surface area contributed by atoms with Crippen LogP contribution in [-0.4, -0.2) is 26.5 Å². The van der Waals surface area contributed by atoms with Crippen molar-refractivity contribution in [3.8, 4) is 0 Å². The van der Waals surface area contributed by atoms with E-state index < -0.39 is 0 Å². The van der Waals surface area contributed by atoms with Crippen molar-refractivity contribution in [1.82, 2.24) is 19.9 Å². The number of imidazole rings is 1. The van der Waals surface area contributed by atoms with Crippen LogP contribution in [0.5, 0.6) is 0 Å². The fourth-order valence-corrected chi connectivity index (χ4v) is 3.22. The second-order valence-electron chi connectivity index (χ2n) is 6.99. The topological polar surface area (TPSA) is 59.8 Å². The minimum atomic E-state index is -0.0373. The van der Waals surface area contributed by atoms with Crippen molar-refractivity contribution in [2.75, 3.05) is 0 Å². The Morgan fingerprint density at radius 2 is 2.27 bits per heavy atom. The van der Waals surface area contributed by atoms with Crippen molar-refractivity contribution in [1.29, 1.82) is 0 Å². The molecule has 1 aliphatic carbocycles. The quantitative estimate of drug-likeness (QED) is 0.921. The number of nitrogens with one attached hydrogen (secondary N) is 1. The van der Waals surface area contributed by atoms with E-state index in [4.69, 9.17) is 0 Å². The normalized spacial score (nSPS) is 16.5. The highest BCUT2D eigenvalue weighted by atomic mass is 32.1. The number of rotatable bonds is 5. The lowest BCUT2D eigenvalue weighted by atomic mass is 9.86. The summed E-state index contributed by atoms with van der Waals surface area (Å²) < 4.78 is 2.00. The Hall–Kier alpha value is -1.69. The van der Waals surface area contributed by atoms with E-state index in [-0.39, 0.29) is 17.4 Å². The van der Waals surface area contributed by atoms with Crippen LogP contribution in [0.25, 0.3) is 0 Å². The molecular weight excluding hydrogens is 296 g/mol. The van der Waals surface area contributed by atoms with Crippen molar-refractivity contribution < 1.29 is 4.79 Å². The SMILES string of the molecule is CC(C)(C)[C@@H](Cn1ccnc1)NC(=O)c1scnc1C1CC1. The van der Waals surface area contributed by atoms with Gasteiger partial charge in [0.2, 0.25) is 0 Å². The molecule has 2 aromatic heterocycles. The maximum atomic E-state index is 12.7. The summed E-state index contributed by atoms with van der Waals surface area (Å²) in [4.78, 5) is 21.9. The van der Waals surface area contributed by atoms with E-state index in [0.717, 1.165) is 23.4 Å². The highest BCUT2D eigenvalue weighted by Gasteiger charge is 2.33. The molecule has 0 unspecified atom stereocenters. The van der Waals surface area contributed by atoms with Gasteiger partial charge in [-0.3, -0.25) is 4.79 Å². The Morgan fingerprint density at radius 3 is 2.86 bits per heavy atom. The Bertz CT molecular complexity index is 637. The Kier molecular flexibility index (Phi) is 4.04. The molecule has 2 heterocycles. The predicted molar refractivity (Wildman–Crippen MR) is 87.0 cm³/mol. The smallest absolute Gasteiger partial charge is 0.263 e. The molecule has 0 aromatic carbocycles. The van der Waals surface area contributed by atoms with Gasteiger partial charge in [-0.2, -0.15) is 0 Å². The molecule has 1 amide bonds. The van der Waals surface area contributed by atoms with Gasteiger partial charge >= 0.3 is 0 Å². The van der Waals surface area contributed by atoms with Gasteiger partial charge in [-0.15, -0.1) is 11.3 Å². The molecule has 22 heavy (non-hydrogen) atoms. The molecule has 6 heteroatoms. The maximum Gasteiger partial charge on any atom is 0.263 e. The van der Waals surface area contributed by atoms with Gasteiger partial charge in [0.25, 0.3) is 5.91 Å². The standard InChI is InChI=1S/C16H22N4OS/c1-16(2,3)12(8-20-7-6-17-9-20)19-15(21)14-13(11-4-5-11)18-10-22-14/h6-7,9-12H,4-5,8H2,1-3H3,(H,19,21)/t12-/m1/s1. The minimum absolute atomic E-state index is 0.00411. The average Bonchev–Trinajstić information content (AvgIpc) is 2.97. The zero-order valence-electron chi connectivity index (χ0n) is 13.2. The summed E-state index contributed by atoms with van der Waals surface area (Å²) in [7, 11) is 0. The molecule has 0 aliphatic heterocycles. The fraction of sp³-hybridized carbons (Fsp3) is 0.562. The molecule has 0 spiro atoms. The molecule has 3 rings (SSSR count). The van der Waals surface area contributed by atoms with Crippen LogP contribution >= 0.6 is 11.3 Å². The van der Waals surface area contributed by atoms with E-state index in [1.807, 2.05) is 10.8 Å². The largest absolute Gasteiger partial charge is 0.346 e. The van der Waals surface area contributed by atoms with E-state index in [9.17, 15) is 4.79 Å². The van der Waals surface area contributed by atoms with Crippen molar-refractivity contribution in [3.63, 3.8) is 0 Å². The lowest BCUT2D eigenvalue weighted by Gasteiger charge is -2.31. The molecule has 0 radical (unpaired) electrons. The summed E-state index contributed by atoms with van der Waals surface area (Å²) in [5.41, 5.74) is 2.73. The molecule has 118 valence electrons. The van der Waals surface area contributed by atoms with Crippen LogP contribution in [0.1, 0.15) is 54.9 Å². The van der Waals surface area contributed by atoms with E-state index in [1.165, 1.54) is 11.3 Å². The minimum Gasteiger partial charge on any atom is -0.346 e. The molecule has 0 bridgehead atoms. The second kappa shape index (κ2) is 5.83. The monoisotopic (exact) mass is 318 g/mol. The van der Waals surface area contributed by atoms with E-state index in [0.29, 0.717) is 12.5 Å². The van der Waals surface area contributed by atoms with Crippen molar-refractivity contribution in [2.45, 2.75) is 52.1 Å². The molecule has 1 fully saturated rings. The molecule has 1 aliphatic rings. The van der Waals surface area contributed by atoms with Gasteiger partial charge < -0.3 is 9.88 Å². The van der Waals surface area contributed by atoms with Crippen LogP contribution in [-0.2, 0) is 6.54 Å². The van der Waals surface area contributed by atoms with Crippen LogP contribution in [0, 0.1) is 5.41 Å². The maximum absolute atomic E-state index is 12.7. The highest BCUT2D eigenvalue weighted by molar-refractivity contribution is 7.11. The van der Waals surface area contributed by atoms with E-state index in [1.54, 1.807) is 18.0 Å². The molecular formula is C16H22N4OS. The number of aromatic nitrogens is 3. The first kappa shape index (κ1) is 15.2. The van der Waals surface area contributed by atoms with Gasteiger partial charge in [0.15, 0.2) is 0 Å². The first-order chi connectivity index (χ1) is 10.4. The lowest BCUT2D eigenvalue weighted by molar-refractivity contribution is 0.0895. The van der Waals surface area contributed by atoms with E-state index >= 15 is 0 Å². The molecule has 5 nitrogen and oxygen atoms in total. The summed E-state index contributed by atoms with van der Waals surface area (Å²) in [5, 5.41) is 3.20. The fourth-order valence-electron chi connectivity index (χ4n) is 2.44. The van der Waals surface area contributed by atoms with E-state index in [2.05, 4.69) is 36.1 Å². The second-order valence-corrected chi connectivity index (χ2v) is 7.85. The molecule has 2 aromatic rings. The highest BCUT2D eigenvalue weighted by Crippen LogP contribution is 2.41. The number of carbonyl (C=O) groups excluding carboxylic acids is 1. The van der Waals surface area contributed by atoms with Crippen LogP contribution < -0.4 is 5.32 Å². The predicted octanol–water partition coefficient (Wildman–Crippen LogP) is 3.06. The molecule has 0 saturated heterocycles. The van der Waals surface area contributed by atoms with Crippen LogP contribution in [0.4, 0.5) is 0 Å². The third kappa shape index (κ3) is 3.38. The average molecular weight is 318 g/mol. The zero-order valence-corrected chi connectivity index (χ0v) is 14.1. The first-order valence-corrected chi connectivity index (χ1v) is 8.53. The summed E-state index contributed by atoms with van der Waals surface area (Å²) >= 11 is 1.44. The summed E-state index contributed by atoms with van der Waals surface area (Å²) in [6.45, 7) is 7.14. The van der Waals surface area contributed by atoms with Gasteiger partial charge in [-0.1, -0.05) is 20.8 Å². The first-order valence-electron chi connectivity index (χ1n) is 7.65. The number of thiazole rings is 1. The summed E-state index contributed by atoms with van der Waals surface area (Å²) in [6.07, 6.45) is 7.78. The summed E-state index contributed by atoms with van der Waals surface area (Å²) in [5.74, 6) is 0.498. The molecule has 1 N–H and O–H groups in total. The number of carbonyl (C=O) groups is 1.